The van der Waals surface area contributed by atoms with Crippen LogP contribution < -0.4 is 0 Å². The zero-order valence-corrected chi connectivity index (χ0v) is 12.4. The maximum Gasteiger partial charge on any atom is 0.0210 e. The fourth-order valence-electron chi connectivity index (χ4n) is 2.57. The van der Waals surface area contributed by atoms with Crippen molar-refractivity contribution in [3.63, 3.8) is 0 Å². The van der Waals surface area contributed by atoms with Crippen LogP contribution >= 0.6 is 0 Å². The summed E-state index contributed by atoms with van der Waals surface area (Å²) >= 11 is 0. The number of hydrogen-bond donors (Lipinski definition) is 0. The first-order chi connectivity index (χ1) is 8.36. The van der Waals surface area contributed by atoms with Crippen molar-refractivity contribution >= 4 is 0 Å². The fourth-order valence-corrected chi connectivity index (χ4v) is 2.57. The Morgan fingerprint density at radius 3 is 2.11 bits per heavy atom. The van der Waals surface area contributed by atoms with Crippen LogP contribution in [-0.2, 0) is 0 Å². The summed E-state index contributed by atoms with van der Waals surface area (Å²) in [6, 6.07) is 0. The Bertz CT molecular complexity index is 213. The topological polar surface area (TPSA) is 3.24 Å². The molecule has 1 aliphatic heterocycles. The minimum Gasteiger partial charge on any atom is -0.377 e. The number of unbranched alkanes of at least 4 members (excludes halogenated alkanes) is 7. The lowest BCUT2D eigenvalue weighted by Crippen LogP contribution is -2.15. The van der Waals surface area contributed by atoms with Crippen molar-refractivity contribution in [2.45, 2.75) is 78.1 Å². The van der Waals surface area contributed by atoms with Crippen molar-refractivity contribution in [3.05, 3.63) is 11.8 Å². The lowest BCUT2D eigenvalue weighted by Gasteiger charge is -2.14. The number of nitrogens with zero attached hydrogens (tertiary/aromatic N) is 1. The van der Waals surface area contributed by atoms with E-state index in [-0.39, 0.29) is 4.70 Å². The van der Waals surface area contributed by atoms with E-state index < -0.39 is 0 Å². The average Bonchev–Trinajstić information content (AvgIpc) is 2.80. The highest BCUT2D eigenvalue weighted by molar-refractivity contribution is 5.06. The van der Waals surface area contributed by atoms with E-state index in [4.69, 9.17) is 0 Å². The van der Waals surface area contributed by atoms with Crippen LogP contribution in [-0.4, -0.2) is 18.0 Å². The summed E-state index contributed by atoms with van der Waals surface area (Å²) in [7, 11) is 0. The quantitative estimate of drug-likeness (QED) is 0.481. The molecule has 0 aliphatic carbocycles. The van der Waals surface area contributed by atoms with Crippen LogP contribution in [0.2, 0.25) is 0 Å². The SMILES string of the molecule is CCCCCCCCCCN1C=C(CC)CC1.F. The monoisotopic (exact) mass is 257 g/mol. The Morgan fingerprint density at radius 1 is 0.944 bits per heavy atom. The van der Waals surface area contributed by atoms with Gasteiger partial charge in [0.15, 0.2) is 0 Å². The van der Waals surface area contributed by atoms with Crippen LogP contribution in [0.5, 0.6) is 0 Å². The van der Waals surface area contributed by atoms with Gasteiger partial charge in [-0.05, 0) is 25.5 Å². The van der Waals surface area contributed by atoms with E-state index in [1.165, 1.54) is 77.3 Å². The van der Waals surface area contributed by atoms with Gasteiger partial charge in [0, 0.05) is 13.1 Å². The molecule has 1 heterocycles. The van der Waals surface area contributed by atoms with E-state index in [0.717, 1.165) is 0 Å². The van der Waals surface area contributed by atoms with Gasteiger partial charge in [0.1, 0.15) is 0 Å². The molecular weight excluding hydrogens is 225 g/mol. The molecule has 0 atom stereocenters. The van der Waals surface area contributed by atoms with E-state index >= 15 is 0 Å². The van der Waals surface area contributed by atoms with Crippen LogP contribution in [0, 0.1) is 0 Å². The molecule has 0 unspecified atom stereocenters. The molecule has 1 rings (SSSR count). The minimum absolute atomic E-state index is 0. The number of halogens is 1. The van der Waals surface area contributed by atoms with Gasteiger partial charge in [-0.2, -0.15) is 0 Å². The molecule has 0 aromatic carbocycles. The molecule has 0 aromatic heterocycles. The number of rotatable bonds is 10. The zero-order chi connectivity index (χ0) is 12.3. The van der Waals surface area contributed by atoms with Gasteiger partial charge < -0.3 is 4.90 Å². The first-order valence-corrected chi connectivity index (χ1v) is 7.80. The maximum atomic E-state index is 2.52. The molecule has 0 N–H and O–H groups in total. The van der Waals surface area contributed by atoms with Gasteiger partial charge in [0.2, 0.25) is 0 Å². The molecule has 0 fully saturated rings. The summed E-state index contributed by atoms with van der Waals surface area (Å²) in [6.07, 6.45) is 16.4. The lowest BCUT2D eigenvalue weighted by atomic mass is 10.1. The van der Waals surface area contributed by atoms with Crippen LogP contribution in [0.25, 0.3) is 0 Å². The molecular formula is C16H32FN. The van der Waals surface area contributed by atoms with Gasteiger partial charge in [-0.3, -0.25) is 4.70 Å². The van der Waals surface area contributed by atoms with Gasteiger partial charge >= 0.3 is 0 Å². The van der Waals surface area contributed by atoms with Crippen LogP contribution in [0.3, 0.4) is 0 Å². The Hall–Kier alpha value is -0.530. The largest absolute Gasteiger partial charge is 0.377 e. The summed E-state index contributed by atoms with van der Waals surface area (Å²) in [4.78, 5) is 2.52. The molecule has 108 valence electrons. The lowest BCUT2D eigenvalue weighted by molar-refractivity contribution is 0.388. The molecule has 1 nitrogen and oxygen atoms in total. The predicted molar refractivity (Wildman–Crippen MR) is 79.7 cm³/mol. The van der Waals surface area contributed by atoms with Crippen LogP contribution in [0.15, 0.2) is 11.8 Å². The summed E-state index contributed by atoms with van der Waals surface area (Å²) < 4.78 is 0. The van der Waals surface area contributed by atoms with Crippen molar-refractivity contribution in [1.82, 2.24) is 4.90 Å². The smallest absolute Gasteiger partial charge is 0.0210 e. The standard InChI is InChI=1S/C16H31N.FH/c1-3-5-6-7-8-9-10-11-13-17-14-12-16(4-2)15-17;/h15H,3-14H2,1-2H3;1H. The molecule has 2 heteroatoms. The Kier molecular flexibility index (Phi) is 11.2. The maximum absolute atomic E-state index is 2.52. The summed E-state index contributed by atoms with van der Waals surface area (Å²) in [6.45, 7) is 7.12. The summed E-state index contributed by atoms with van der Waals surface area (Å²) in [5.74, 6) is 0. The molecule has 0 radical (unpaired) electrons. The Labute approximate surface area is 113 Å². The minimum atomic E-state index is 0. The molecule has 0 amide bonds. The van der Waals surface area contributed by atoms with Gasteiger partial charge in [-0.25, -0.2) is 0 Å². The summed E-state index contributed by atoms with van der Waals surface area (Å²) in [5.41, 5.74) is 1.64. The van der Waals surface area contributed by atoms with Gasteiger partial charge in [0.05, 0.1) is 0 Å². The van der Waals surface area contributed by atoms with Crippen molar-refractivity contribution in [2.75, 3.05) is 13.1 Å². The van der Waals surface area contributed by atoms with Crippen molar-refractivity contribution in [1.29, 1.82) is 0 Å². The highest BCUT2D eigenvalue weighted by Crippen LogP contribution is 2.17. The van der Waals surface area contributed by atoms with Gasteiger partial charge in [-0.1, -0.05) is 64.4 Å². The Morgan fingerprint density at radius 2 is 1.56 bits per heavy atom. The van der Waals surface area contributed by atoms with Crippen LogP contribution in [0.4, 0.5) is 4.70 Å². The highest BCUT2D eigenvalue weighted by atomic mass is 19.0. The second kappa shape index (κ2) is 11.6. The first kappa shape index (κ1) is 17.5. The zero-order valence-electron chi connectivity index (χ0n) is 12.4. The second-order valence-electron chi connectivity index (χ2n) is 5.40. The fraction of sp³-hybridized carbons (Fsp3) is 0.875. The molecule has 0 aromatic rings. The van der Waals surface area contributed by atoms with E-state index in [2.05, 4.69) is 24.9 Å². The van der Waals surface area contributed by atoms with Gasteiger partial charge in [0.25, 0.3) is 0 Å². The third kappa shape index (κ3) is 7.73. The van der Waals surface area contributed by atoms with Gasteiger partial charge in [-0.15, -0.1) is 0 Å². The van der Waals surface area contributed by atoms with Crippen LogP contribution in [0.1, 0.15) is 78.1 Å². The van der Waals surface area contributed by atoms with Crippen molar-refractivity contribution in [2.24, 2.45) is 0 Å². The van der Waals surface area contributed by atoms with Crippen molar-refractivity contribution < 1.29 is 4.70 Å². The molecule has 0 saturated carbocycles. The summed E-state index contributed by atoms with van der Waals surface area (Å²) in [5, 5.41) is 0. The van der Waals surface area contributed by atoms with E-state index in [9.17, 15) is 0 Å². The average molecular weight is 257 g/mol. The van der Waals surface area contributed by atoms with Crippen molar-refractivity contribution in [3.8, 4) is 0 Å². The molecule has 1 aliphatic rings. The van der Waals surface area contributed by atoms with E-state index in [1.54, 1.807) is 5.57 Å². The third-order valence-electron chi connectivity index (χ3n) is 3.84. The second-order valence-corrected chi connectivity index (χ2v) is 5.40. The molecule has 18 heavy (non-hydrogen) atoms. The molecule has 0 saturated heterocycles. The molecule has 0 spiro atoms. The third-order valence-corrected chi connectivity index (χ3v) is 3.84. The molecule has 0 bridgehead atoms. The first-order valence-electron chi connectivity index (χ1n) is 7.80. The predicted octanol–water partition coefficient (Wildman–Crippen LogP) is 5.28. The van der Waals surface area contributed by atoms with E-state index in [1.807, 2.05) is 0 Å². The normalized spacial score (nSPS) is 14.6. The Balaban J connectivity index is 0.00000289. The number of hydrogen-bond acceptors (Lipinski definition) is 1. The highest BCUT2D eigenvalue weighted by Gasteiger charge is 2.09. The van der Waals surface area contributed by atoms with E-state index in [0.29, 0.717) is 0 Å².